The number of hydrogen-bond acceptors (Lipinski definition) is 6. The van der Waals surface area contributed by atoms with Crippen molar-refractivity contribution in [2.75, 3.05) is 13.2 Å². The van der Waals surface area contributed by atoms with Crippen LogP contribution in [0.4, 0.5) is 4.79 Å². The zero-order valence-electron chi connectivity index (χ0n) is 13.9. The molecule has 1 aromatic rings. The van der Waals surface area contributed by atoms with Gasteiger partial charge in [-0.3, -0.25) is 4.79 Å². The Morgan fingerprint density at radius 3 is 2.29 bits per heavy atom. The van der Waals surface area contributed by atoms with E-state index >= 15 is 0 Å². The van der Waals surface area contributed by atoms with Crippen LogP contribution < -0.4 is 15.2 Å². The second-order valence-corrected chi connectivity index (χ2v) is 7.27. The first-order chi connectivity index (χ1) is 11.1. The summed E-state index contributed by atoms with van der Waals surface area (Å²) in [6.07, 6.45) is -0.0975. The van der Waals surface area contributed by atoms with Crippen molar-refractivity contribution in [1.82, 2.24) is 5.32 Å². The molecule has 1 aromatic carbocycles. The monoisotopic (exact) mass is 358 g/mol. The van der Waals surface area contributed by atoms with Crippen LogP contribution in [0, 0.1) is 5.41 Å². The van der Waals surface area contributed by atoms with E-state index < -0.39 is 21.5 Å². The molecule has 0 aliphatic rings. The van der Waals surface area contributed by atoms with Crippen molar-refractivity contribution in [2.24, 2.45) is 10.6 Å². The maximum absolute atomic E-state index is 11.7. The summed E-state index contributed by atoms with van der Waals surface area (Å²) in [6, 6.07) is 5.07. The van der Waals surface area contributed by atoms with Gasteiger partial charge in [-0.1, -0.05) is 6.92 Å². The van der Waals surface area contributed by atoms with Crippen LogP contribution in [0.1, 0.15) is 27.2 Å². The summed E-state index contributed by atoms with van der Waals surface area (Å²) in [4.78, 5) is 23.2. The Balaban J connectivity index is 2.38. The summed E-state index contributed by atoms with van der Waals surface area (Å²) in [5, 5.41) is 7.38. The van der Waals surface area contributed by atoms with E-state index in [2.05, 4.69) is 5.32 Å². The molecule has 0 aliphatic heterocycles. The van der Waals surface area contributed by atoms with E-state index in [9.17, 15) is 18.0 Å². The lowest BCUT2D eigenvalue weighted by Crippen LogP contribution is -2.33. The quantitative estimate of drug-likeness (QED) is 0.561. The highest BCUT2D eigenvalue weighted by molar-refractivity contribution is 7.89. The van der Waals surface area contributed by atoms with Gasteiger partial charge in [-0.05, 0) is 44.5 Å². The maximum Gasteiger partial charge on any atom is 0.412 e. The van der Waals surface area contributed by atoms with Crippen LogP contribution in [0.15, 0.2) is 29.2 Å². The topological polar surface area (TPSA) is 125 Å². The Morgan fingerprint density at radius 1 is 1.21 bits per heavy atom. The van der Waals surface area contributed by atoms with Gasteiger partial charge in [0.1, 0.15) is 12.4 Å². The molecular weight excluding hydrogens is 336 g/mol. The van der Waals surface area contributed by atoms with Gasteiger partial charge in [-0.15, -0.1) is 0 Å². The molecule has 0 radical (unpaired) electrons. The summed E-state index contributed by atoms with van der Waals surface area (Å²) in [5.41, 5.74) is -0.564. The molecule has 0 fully saturated rings. The first kappa shape index (κ1) is 19.9. The Kier molecular flexibility index (Phi) is 6.73. The fraction of sp³-hybridized carbons (Fsp3) is 0.467. The number of hydrogen-bond donors (Lipinski definition) is 2. The third-order valence-corrected chi connectivity index (χ3v) is 4.33. The molecule has 0 bridgehead atoms. The van der Waals surface area contributed by atoms with E-state index in [1.54, 1.807) is 13.8 Å². The second-order valence-electron chi connectivity index (χ2n) is 5.71. The molecule has 0 saturated carbocycles. The van der Waals surface area contributed by atoms with E-state index in [1.165, 1.54) is 24.3 Å². The molecule has 0 heterocycles. The maximum atomic E-state index is 11.7. The molecule has 134 valence electrons. The van der Waals surface area contributed by atoms with Crippen LogP contribution in [0.3, 0.4) is 0 Å². The lowest BCUT2D eigenvalue weighted by molar-refractivity contribution is -0.153. The van der Waals surface area contributed by atoms with Gasteiger partial charge >= 0.3 is 12.1 Å². The Bertz CT molecular complexity index is 682. The minimum Gasteiger partial charge on any atom is -0.463 e. The molecule has 0 unspecified atom stereocenters. The predicted octanol–water partition coefficient (Wildman–Crippen LogP) is 1.40. The smallest absolute Gasteiger partial charge is 0.412 e. The highest BCUT2D eigenvalue weighted by Crippen LogP contribution is 2.21. The van der Waals surface area contributed by atoms with Gasteiger partial charge in [-0.2, -0.15) is 0 Å². The molecular formula is C15H22N2O6S. The van der Waals surface area contributed by atoms with Crippen LogP contribution in [-0.2, 0) is 19.6 Å². The highest BCUT2D eigenvalue weighted by atomic mass is 32.2. The average molecular weight is 358 g/mol. The molecule has 0 aromatic heterocycles. The van der Waals surface area contributed by atoms with Gasteiger partial charge in [0.05, 0.1) is 16.9 Å². The Morgan fingerprint density at radius 2 is 1.79 bits per heavy atom. The van der Waals surface area contributed by atoms with Crippen LogP contribution in [-0.4, -0.2) is 33.6 Å². The van der Waals surface area contributed by atoms with Crippen molar-refractivity contribution in [1.29, 1.82) is 0 Å². The van der Waals surface area contributed by atoms with Crippen LogP contribution in [0.25, 0.3) is 0 Å². The first-order valence-electron chi connectivity index (χ1n) is 7.32. The van der Waals surface area contributed by atoms with E-state index in [0.29, 0.717) is 6.42 Å². The summed E-state index contributed by atoms with van der Waals surface area (Å²) in [5.74, 6) is -0.178. The SMILES string of the molecule is CCC(C)(C)C(=O)OCCNC(=O)Oc1ccc(S(N)(=O)=O)cc1. The molecule has 0 saturated heterocycles. The number of carbonyl (C=O) groups is 2. The molecule has 8 nitrogen and oxygen atoms in total. The molecule has 3 N–H and O–H groups in total. The molecule has 0 aliphatic carbocycles. The van der Waals surface area contributed by atoms with Crippen molar-refractivity contribution in [2.45, 2.75) is 32.1 Å². The predicted molar refractivity (Wildman–Crippen MR) is 86.9 cm³/mol. The number of sulfonamides is 1. The molecule has 0 atom stereocenters. The summed E-state index contributed by atoms with van der Waals surface area (Å²) < 4.78 is 32.2. The average Bonchev–Trinajstić information content (AvgIpc) is 2.50. The summed E-state index contributed by atoms with van der Waals surface area (Å²) >= 11 is 0. The van der Waals surface area contributed by atoms with E-state index in [-0.39, 0.29) is 29.8 Å². The minimum atomic E-state index is -3.79. The van der Waals surface area contributed by atoms with Crippen LogP contribution in [0.5, 0.6) is 5.75 Å². The number of nitrogens with two attached hydrogens (primary N) is 1. The zero-order chi connectivity index (χ0) is 18.4. The van der Waals surface area contributed by atoms with Gasteiger partial charge < -0.3 is 14.8 Å². The third-order valence-electron chi connectivity index (χ3n) is 3.40. The highest BCUT2D eigenvalue weighted by Gasteiger charge is 2.26. The van der Waals surface area contributed by atoms with Gasteiger partial charge in [-0.25, -0.2) is 18.4 Å². The molecule has 1 rings (SSSR count). The van der Waals surface area contributed by atoms with Gasteiger partial charge in [0.15, 0.2) is 0 Å². The van der Waals surface area contributed by atoms with Crippen molar-refractivity contribution >= 4 is 22.1 Å². The second kappa shape index (κ2) is 8.11. The number of nitrogens with one attached hydrogen (secondary N) is 1. The fourth-order valence-corrected chi connectivity index (χ4v) is 1.99. The Labute approximate surface area is 141 Å². The molecule has 24 heavy (non-hydrogen) atoms. The van der Waals surface area contributed by atoms with Crippen molar-refractivity contribution in [3.63, 3.8) is 0 Å². The number of benzene rings is 1. The lowest BCUT2D eigenvalue weighted by Gasteiger charge is -2.20. The molecule has 9 heteroatoms. The number of carbonyl (C=O) groups excluding carboxylic acids is 2. The third kappa shape index (κ3) is 6.17. The van der Waals surface area contributed by atoms with Crippen molar-refractivity contribution in [3.05, 3.63) is 24.3 Å². The van der Waals surface area contributed by atoms with Crippen molar-refractivity contribution < 1.29 is 27.5 Å². The minimum absolute atomic E-state index is 0.0295. The largest absolute Gasteiger partial charge is 0.463 e. The zero-order valence-corrected chi connectivity index (χ0v) is 14.7. The van der Waals surface area contributed by atoms with E-state index in [1.807, 2.05) is 6.92 Å². The van der Waals surface area contributed by atoms with Crippen LogP contribution in [0.2, 0.25) is 0 Å². The van der Waals surface area contributed by atoms with E-state index in [4.69, 9.17) is 14.6 Å². The van der Waals surface area contributed by atoms with Gasteiger partial charge in [0.2, 0.25) is 10.0 Å². The molecule has 0 spiro atoms. The number of rotatable bonds is 7. The fourth-order valence-electron chi connectivity index (χ4n) is 1.48. The van der Waals surface area contributed by atoms with Crippen LogP contribution >= 0.6 is 0 Å². The standard InChI is InChI=1S/C15H22N2O6S/c1-4-15(2,3)13(18)22-10-9-17-14(19)23-11-5-7-12(8-6-11)24(16,20)21/h5-8H,4,9-10H2,1-3H3,(H,17,19)(H2,16,20,21). The first-order valence-corrected chi connectivity index (χ1v) is 8.86. The van der Waals surface area contributed by atoms with Gasteiger partial charge in [0, 0.05) is 0 Å². The lowest BCUT2D eigenvalue weighted by atomic mass is 9.91. The van der Waals surface area contributed by atoms with E-state index in [0.717, 1.165) is 0 Å². The number of ether oxygens (including phenoxy) is 2. The Hall–Kier alpha value is -2.13. The van der Waals surface area contributed by atoms with Gasteiger partial charge in [0.25, 0.3) is 0 Å². The van der Waals surface area contributed by atoms with Crippen molar-refractivity contribution in [3.8, 4) is 5.75 Å². The number of esters is 1. The summed E-state index contributed by atoms with van der Waals surface area (Å²) in [7, 11) is -3.79. The molecule has 1 amide bonds. The normalized spacial score (nSPS) is 11.7. The number of amides is 1. The number of primary sulfonamides is 1. The summed E-state index contributed by atoms with van der Waals surface area (Å²) in [6.45, 7) is 5.57.